The third-order valence-corrected chi connectivity index (χ3v) is 2.63. The lowest BCUT2D eigenvalue weighted by Crippen LogP contribution is -1.93. The number of benzene rings is 1. The Bertz CT molecular complexity index is 652. The molecule has 0 radical (unpaired) electrons. The monoisotopic (exact) mass is 285 g/mol. The largest absolute Gasteiger partial charge is 0.478 e. The molecule has 0 fully saturated rings. The Kier molecular flexibility index (Phi) is 5.06. The van der Waals surface area contributed by atoms with E-state index in [1.54, 1.807) is 31.5 Å². The van der Waals surface area contributed by atoms with Crippen molar-refractivity contribution in [1.82, 2.24) is 4.98 Å². The normalized spacial score (nSPS) is 10.7. The van der Waals surface area contributed by atoms with Crippen molar-refractivity contribution in [3.05, 3.63) is 59.8 Å². The van der Waals surface area contributed by atoms with Gasteiger partial charge in [0.15, 0.2) is 0 Å². The predicted molar refractivity (Wildman–Crippen MR) is 78.1 cm³/mol. The first-order valence-electron chi connectivity index (χ1n) is 6.31. The van der Waals surface area contributed by atoms with E-state index < -0.39 is 5.97 Å². The zero-order valence-corrected chi connectivity index (χ0v) is 11.5. The van der Waals surface area contributed by atoms with Crippen LogP contribution in [0.25, 0.3) is 6.08 Å². The lowest BCUT2D eigenvalue weighted by molar-refractivity contribution is -0.131. The summed E-state index contributed by atoms with van der Waals surface area (Å²) >= 11 is 0. The van der Waals surface area contributed by atoms with Crippen LogP contribution in [-0.2, 0) is 16.1 Å². The van der Waals surface area contributed by atoms with Gasteiger partial charge in [0, 0.05) is 24.9 Å². The van der Waals surface area contributed by atoms with Crippen molar-refractivity contribution in [3.63, 3.8) is 0 Å². The lowest BCUT2D eigenvalue weighted by atomic mass is 10.2. The van der Waals surface area contributed by atoms with Gasteiger partial charge in [-0.3, -0.25) is 0 Å². The van der Waals surface area contributed by atoms with Crippen molar-refractivity contribution < 1.29 is 19.4 Å². The summed E-state index contributed by atoms with van der Waals surface area (Å²) in [4.78, 5) is 14.7. The van der Waals surface area contributed by atoms with Crippen LogP contribution in [0.4, 0.5) is 0 Å². The van der Waals surface area contributed by atoms with Crippen LogP contribution in [0.1, 0.15) is 11.1 Å². The van der Waals surface area contributed by atoms with Gasteiger partial charge in [0.2, 0.25) is 5.88 Å². The second-order valence-corrected chi connectivity index (χ2v) is 4.25. The Balaban J connectivity index is 2.23. The zero-order chi connectivity index (χ0) is 15.1. The number of hydrogen-bond acceptors (Lipinski definition) is 4. The molecule has 0 atom stereocenters. The molecule has 0 saturated carbocycles. The maximum absolute atomic E-state index is 10.6. The van der Waals surface area contributed by atoms with E-state index in [9.17, 15) is 4.79 Å². The number of carboxylic acid groups (broad SMARTS) is 1. The molecule has 0 aliphatic heterocycles. The molecule has 1 N–H and O–H groups in total. The number of nitrogens with zero attached hydrogens (tertiary/aromatic N) is 1. The van der Waals surface area contributed by atoms with Gasteiger partial charge in [0.25, 0.3) is 0 Å². The molecule has 108 valence electrons. The second-order valence-electron chi connectivity index (χ2n) is 4.25. The highest BCUT2D eigenvalue weighted by Gasteiger charge is 2.05. The molecule has 2 rings (SSSR count). The number of rotatable bonds is 6. The van der Waals surface area contributed by atoms with E-state index >= 15 is 0 Å². The fourth-order valence-electron chi connectivity index (χ4n) is 1.75. The summed E-state index contributed by atoms with van der Waals surface area (Å²) < 4.78 is 10.8. The highest BCUT2D eigenvalue weighted by molar-refractivity contribution is 5.85. The molecular weight excluding hydrogens is 270 g/mol. The molecule has 5 heteroatoms. The molecule has 1 heterocycles. The maximum Gasteiger partial charge on any atom is 0.328 e. The summed E-state index contributed by atoms with van der Waals surface area (Å²) in [7, 11) is 1.63. The molecule has 0 bridgehead atoms. The minimum Gasteiger partial charge on any atom is -0.478 e. The predicted octanol–water partition coefficient (Wildman–Crippen LogP) is 3.12. The molecule has 0 aliphatic rings. The van der Waals surface area contributed by atoms with Crippen molar-refractivity contribution in [2.24, 2.45) is 0 Å². The SMILES string of the molecule is COCc1cccc(Oc2ncccc2/C=C/C(=O)O)c1. The maximum atomic E-state index is 10.6. The second kappa shape index (κ2) is 7.21. The Labute approximate surface area is 122 Å². The summed E-state index contributed by atoms with van der Waals surface area (Å²) in [5, 5.41) is 8.69. The molecule has 1 aromatic carbocycles. The first kappa shape index (κ1) is 14.7. The Morgan fingerprint density at radius 1 is 1.33 bits per heavy atom. The van der Waals surface area contributed by atoms with Gasteiger partial charge in [-0.1, -0.05) is 12.1 Å². The molecule has 0 saturated heterocycles. The van der Waals surface area contributed by atoms with Crippen LogP contribution in [0.2, 0.25) is 0 Å². The van der Waals surface area contributed by atoms with Crippen molar-refractivity contribution >= 4 is 12.0 Å². The number of carboxylic acids is 1. The minimum absolute atomic E-state index is 0.351. The van der Waals surface area contributed by atoms with Crippen LogP contribution >= 0.6 is 0 Å². The Hall–Kier alpha value is -2.66. The van der Waals surface area contributed by atoms with Crippen molar-refractivity contribution in [1.29, 1.82) is 0 Å². The van der Waals surface area contributed by atoms with Crippen LogP contribution in [-0.4, -0.2) is 23.2 Å². The number of methoxy groups -OCH3 is 1. The molecular formula is C16H15NO4. The first-order chi connectivity index (χ1) is 10.2. The molecule has 0 amide bonds. The smallest absolute Gasteiger partial charge is 0.328 e. The van der Waals surface area contributed by atoms with Gasteiger partial charge in [-0.25, -0.2) is 9.78 Å². The number of carbonyl (C=O) groups is 1. The van der Waals surface area contributed by atoms with Gasteiger partial charge >= 0.3 is 5.97 Å². The van der Waals surface area contributed by atoms with Crippen LogP contribution < -0.4 is 4.74 Å². The third kappa shape index (κ3) is 4.43. The van der Waals surface area contributed by atoms with Crippen LogP contribution in [0.3, 0.4) is 0 Å². The number of pyridine rings is 1. The van der Waals surface area contributed by atoms with Gasteiger partial charge in [0.05, 0.1) is 6.61 Å². The molecule has 0 aliphatic carbocycles. The molecule has 2 aromatic rings. The average Bonchev–Trinajstić information content (AvgIpc) is 2.47. The van der Waals surface area contributed by atoms with Crippen LogP contribution in [0, 0.1) is 0 Å². The van der Waals surface area contributed by atoms with E-state index in [4.69, 9.17) is 14.6 Å². The van der Waals surface area contributed by atoms with Gasteiger partial charge in [-0.2, -0.15) is 0 Å². The van der Waals surface area contributed by atoms with Gasteiger partial charge < -0.3 is 14.6 Å². The lowest BCUT2D eigenvalue weighted by Gasteiger charge is -2.08. The number of hydrogen-bond donors (Lipinski definition) is 1. The topological polar surface area (TPSA) is 68.7 Å². The van der Waals surface area contributed by atoms with E-state index in [1.807, 2.05) is 18.2 Å². The molecule has 5 nitrogen and oxygen atoms in total. The summed E-state index contributed by atoms with van der Waals surface area (Å²) in [6.07, 6.45) is 4.08. The summed E-state index contributed by atoms with van der Waals surface area (Å²) in [5.74, 6) is -0.0512. The fourth-order valence-corrected chi connectivity index (χ4v) is 1.75. The number of aliphatic carboxylic acids is 1. The Morgan fingerprint density at radius 3 is 2.95 bits per heavy atom. The van der Waals surface area contributed by atoms with E-state index in [2.05, 4.69) is 4.98 Å². The summed E-state index contributed by atoms with van der Waals surface area (Å²) in [6.45, 7) is 0.491. The highest BCUT2D eigenvalue weighted by Crippen LogP contribution is 2.24. The summed E-state index contributed by atoms with van der Waals surface area (Å²) in [6, 6.07) is 10.9. The van der Waals surface area contributed by atoms with E-state index in [0.717, 1.165) is 11.6 Å². The van der Waals surface area contributed by atoms with Crippen molar-refractivity contribution in [2.45, 2.75) is 6.61 Å². The van der Waals surface area contributed by atoms with Crippen molar-refractivity contribution in [3.8, 4) is 11.6 Å². The minimum atomic E-state index is -1.02. The standard InChI is InChI=1S/C16H15NO4/c1-20-11-12-4-2-6-14(10-12)21-16-13(5-3-9-17-16)7-8-15(18)19/h2-10H,11H2,1H3,(H,18,19)/b8-7+. The molecule has 21 heavy (non-hydrogen) atoms. The van der Waals surface area contributed by atoms with E-state index in [-0.39, 0.29) is 0 Å². The number of aromatic nitrogens is 1. The zero-order valence-electron chi connectivity index (χ0n) is 11.5. The van der Waals surface area contributed by atoms with E-state index in [0.29, 0.717) is 23.8 Å². The van der Waals surface area contributed by atoms with Crippen molar-refractivity contribution in [2.75, 3.05) is 7.11 Å². The van der Waals surface area contributed by atoms with Gasteiger partial charge in [-0.15, -0.1) is 0 Å². The quantitative estimate of drug-likeness (QED) is 0.826. The Morgan fingerprint density at radius 2 is 2.19 bits per heavy atom. The first-order valence-corrected chi connectivity index (χ1v) is 6.31. The van der Waals surface area contributed by atoms with Crippen LogP contribution in [0.5, 0.6) is 11.6 Å². The number of ether oxygens (including phenoxy) is 2. The van der Waals surface area contributed by atoms with E-state index in [1.165, 1.54) is 6.08 Å². The molecule has 0 spiro atoms. The summed E-state index contributed by atoms with van der Waals surface area (Å²) in [5.41, 5.74) is 1.57. The van der Waals surface area contributed by atoms with Crippen LogP contribution in [0.15, 0.2) is 48.7 Å². The fraction of sp³-hybridized carbons (Fsp3) is 0.125. The van der Waals surface area contributed by atoms with Gasteiger partial charge in [0.1, 0.15) is 5.75 Å². The molecule has 0 unspecified atom stereocenters. The van der Waals surface area contributed by atoms with Gasteiger partial charge in [-0.05, 0) is 35.9 Å². The third-order valence-electron chi connectivity index (χ3n) is 2.63. The average molecular weight is 285 g/mol. The molecule has 1 aromatic heterocycles. The highest BCUT2D eigenvalue weighted by atomic mass is 16.5.